The fourth-order valence-electron chi connectivity index (χ4n) is 10.9. The second-order valence-electron chi connectivity index (χ2n) is 22.4. The van der Waals surface area contributed by atoms with Crippen LogP contribution in [-0.2, 0) is 36.1 Å². The van der Waals surface area contributed by atoms with Gasteiger partial charge in [-0.3, -0.25) is 4.79 Å². The number of benzene rings is 7. The molecular formula is C72H94F2O7S2. The molecular weight excluding hydrogens is 1080 g/mol. The maximum atomic E-state index is 13.2. The summed E-state index contributed by atoms with van der Waals surface area (Å²) < 4.78 is 62.1. The minimum atomic E-state index is -5.87. The predicted octanol–water partition coefficient (Wildman–Crippen LogP) is 19.8. The summed E-state index contributed by atoms with van der Waals surface area (Å²) in [6, 6.07) is 61.7. The summed E-state index contributed by atoms with van der Waals surface area (Å²) >= 11 is 0. The number of phenolic OH excluding ortho intramolecular Hbond substituents is 1. The Kier molecular flexibility index (Phi) is 28.2. The van der Waals surface area contributed by atoms with E-state index in [0.29, 0.717) is 43.8 Å². The highest BCUT2D eigenvalue weighted by atomic mass is 32.2. The van der Waals surface area contributed by atoms with Crippen molar-refractivity contribution in [1.29, 1.82) is 0 Å². The average molecular weight is 1170 g/mol. The number of rotatable bonds is 21. The Morgan fingerprint density at radius 3 is 1.31 bits per heavy atom. The minimum Gasteiger partial charge on any atom is -0.743 e. The summed E-state index contributed by atoms with van der Waals surface area (Å²) in [7, 11) is -5.89. The topological polar surface area (TPSA) is 124 Å². The lowest BCUT2D eigenvalue weighted by Gasteiger charge is -2.31. The van der Waals surface area contributed by atoms with E-state index in [2.05, 4.69) is 186 Å². The number of carbonyl (C=O) groups excluding carboxylic acids is 1. The Labute approximate surface area is 500 Å². The summed E-state index contributed by atoms with van der Waals surface area (Å²) in [6.07, 6.45) is 8.93. The monoisotopic (exact) mass is 1170 g/mol. The van der Waals surface area contributed by atoms with Crippen molar-refractivity contribution in [2.24, 2.45) is 5.41 Å². The fourth-order valence-corrected chi connectivity index (χ4v) is 13.5. The smallest absolute Gasteiger partial charge is 0.369 e. The third-order valence-corrected chi connectivity index (χ3v) is 19.2. The van der Waals surface area contributed by atoms with Crippen LogP contribution in [0, 0.1) is 5.41 Å². The van der Waals surface area contributed by atoms with Crippen LogP contribution in [0.15, 0.2) is 191 Å². The van der Waals surface area contributed by atoms with Gasteiger partial charge in [-0.2, -0.15) is 8.78 Å². The molecule has 0 heterocycles. The van der Waals surface area contributed by atoms with Gasteiger partial charge in [0, 0.05) is 0 Å². The molecule has 1 aliphatic rings. The molecule has 450 valence electrons. The molecule has 1 aliphatic carbocycles. The Morgan fingerprint density at radius 1 is 0.590 bits per heavy atom. The Balaban J connectivity index is 0.000000224. The first kappa shape index (κ1) is 69.6. The van der Waals surface area contributed by atoms with E-state index in [1.807, 2.05) is 45.0 Å². The van der Waals surface area contributed by atoms with Gasteiger partial charge in [0.25, 0.3) is 0 Å². The number of aromatic hydroxyl groups is 1. The number of halogens is 2. The first-order valence-corrected chi connectivity index (χ1v) is 32.7. The summed E-state index contributed by atoms with van der Waals surface area (Å²) in [6.45, 7) is 22.9. The molecule has 11 heteroatoms. The number of aliphatic hydroxyl groups is 1. The van der Waals surface area contributed by atoms with Gasteiger partial charge >= 0.3 is 11.2 Å². The second kappa shape index (κ2) is 33.6. The maximum absolute atomic E-state index is 13.2. The van der Waals surface area contributed by atoms with E-state index in [9.17, 15) is 31.7 Å². The van der Waals surface area contributed by atoms with E-state index in [-0.39, 0.29) is 10.9 Å². The van der Waals surface area contributed by atoms with Gasteiger partial charge in [-0.15, -0.1) is 0 Å². The number of hydrogen-bond donors (Lipinski definition) is 2. The summed E-state index contributed by atoms with van der Waals surface area (Å²) in [5, 5.41) is 17.4. The zero-order valence-corrected chi connectivity index (χ0v) is 53.0. The Bertz CT molecular complexity index is 2940. The van der Waals surface area contributed by atoms with Crippen molar-refractivity contribution in [2.45, 2.75) is 209 Å². The van der Waals surface area contributed by atoms with Gasteiger partial charge in [0.1, 0.15) is 5.75 Å². The number of alkyl halides is 2. The van der Waals surface area contributed by atoms with Crippen molar-refractivity contribution in [1.82, 2.24) is 0 Å². The van der Waals surface area contributed by atoms with Gasteiger partial charge in [0.2, 0.25) is 0 Å². The SMILES string of the molecule is CCC1c2cccc3cccc(c23)C1CC.CCCC(C)(CC)C(=O)OC(C)C(F)(F)S(=O)(=O)[O-].CCCC(CC)c1ccc(C(C)(C)O)cc1.CCCC(CC)c1ccc(O)cc1.c1ccc([S+](c2ccccc2)c2ccccc2)cc1. The molecule has 7 aromatic rings. The third kappa shape index (κ3) is 19.6. The van der Waals surface area contributed by atoms with E-state index in [4.69, 9.17) is 5.11 Å². The molecule has 7 aromatic carbocycles. The van der Waals surface area contributed by atoms with Crippen molar-refractivity contribution in [2.75, 3.05) is 0 Å². The van der Waals surface area contributed by atoms with E-state index in [0.717, 1.165) is 17.4 Å². The van der Waals surface area contributed by atoms with Crippen LogP contribution in [0.1, 0.15) is 205 Å². The first-order valence-electron chi connectivity index (χ1n) is 30.1. The standard InChI is InChI=1S/C18H15S.C16H18.C15H24O.C12H18O.C11H20F2O5S/c1-4-10-16(11-5-1)19(17-12-6-2-7-13-17)18-14-8-3-9-15-18;1-3-12-13(4-2)15-10-6-8-11-7-5-9-14(12)16(11)15;1-5-7-12(6-2)13-8-10-14(11-9-13)15(3,4)16;1-3-5-10(4-2)11-6-8-12(13)9-7-11;1-5-7-10(4,6-2)9(14)18-8(3)11(12,13)19(15,16)17/h1-15H;5-10,12-13H,3-4H2,1-2H3;8-12,16H,5-7H2,1-4H3;6-10,13H,3-5H2,1-2H3;8H,5-7H2,1-4H3,(H,15,16,17)/q+1;;;;/p-1. The molecule has 0 saturated carbocycles. The third-order valence-electron chi connectivity index (χ3n) is 15.9. The van der Waals surface area contributed by atoms with Crippen LogP contribution in [0.5, 0.6) is 5.75 Å². The van der Waals surface area contributed by atoms with E-state index in [1.165, 1.54) is 82.6 Å². The molecule has 83 heavy (non-hydrogen) atoms. The second-order valence-corrected chi connectivity index (χ2v) is 25.8. The Hall–Kier alpha value is -5.85. The molecule has 0 amide bonds. The molecule has 0 aliphatic heterocycles. The lowest BCUT2D eigenvalue weighted by Crippen LogP contribution is -2.44. The van der Waals surface area contributed by atoms with Crippen LogP contribution in [-0.4, -0.2) is 40.5 Å². The van der Waals surface area contributed by atoms with E-state index < -0.39 is 38.5 Å². The molecule has 0 fully saturated rings. The van der Waals surface area contributed by atoms with Crippen LogP contribution < -0.4 is 0 Å². The van der Waals surface area contributed by atoms with Crippen LogP contribution in [0.4, 0.5) is 8.78 Å². The van der Waals surface area contributed by atoms with Crippen LogP contribution >= 0.6 is 0 Å². The molecule has 0 radical (unpaired) electrons. The van der Waals surface area contributed by atoms with Crippen molar-refractivity contribution in [3.8, 4) is 5.75 Å². The minimum absolute atomic E-state index is 0.0146. The van der Waals surface area contributed by atoms with Crippen molar-refractivity contribution < 1.29 is 41.5 Å². The number of carbonyl (C=O) groups is 1. The molecule has 6 unspecified atom stereocenters. The van der Waals surface area contributed by atoms with Crippen molar-refractivity contribution >= 4 is 37.8 Å². The number of hydrogen-bond acceptors (Lipinski definition) is 7. The quantitative estimate of drug-likeness (QED) is 0.0417. The van der Waals surface area contributed by atoms with Crippen LogP contribution in [0.3, 0.4) is 0 Å². The maximum Gasteiger partial charge on any atom is 0.369 e. The lowest BCUT2D eigenvalue weighted by atomic mass is 9.83. The molecule has 0 saturated heterocycles. The molecule has 0 spiro atoms. The van der Waals surface area contributed by atoms with Gasteiger partial charge < -0.3 is 19.5 Å². The summed E-state index contributed by atoms with van der Waals surface area (Å²) in [4.78, 5) is 15.9. The Morgan fingerprint density at radius 2 is 0.988 bits per heavy atom. The van der Waals surface area contributed by atoms with Gasteiger partial charge in [-0.05, 0) is 190 Å². The highest BCUT2D eigenvalue weighted by Crippen LogP contribution is 2.49. The zero-order chi connectivity index (χ0) is 61.4. The number of phenols is 1. The van der Waals surface area contributed by atoms with Gasteiger partial charge in [0.05, 0.1) is 21.9 Å². The van der Waals surface area contributed by atoms with Crippen LogP contribution in [0.2, 0.25) is 0 Å². The molecule has 7 nitrogen and oxygen atoms in total. The normalized spacial score (nSPS) is 15.5. The van der Waals surface area contributed by atoms with Gasteiger partial charge in [0.15, 0.2) is 30.9 Å². The van der Waals surface area contributed by atoms with Crippen LogP contribution in [0.25, 0.3) is 10.8 Å². The average Bonchev–Trinajstić information content (AvgIpc) is 2.63. The fraction of sp³-hybridized carbons (Fsp3) is 0.431. The highest BCUT2D eigenvalue weighted by molar-refractivity contribution is 7.97. The lowest BCUT2D eigenvalue weighted by molar-refractivity contribution is -0.171. The van der Waals surface area contributed by atoms with E-state index in [1.54, 1.807) is 42.5 Å². The number of ether oxygens (including phenoxy) is 1. The summed E-state index contributed by atoms with van der Waals surface area (Å²) in [5.41, 5.74) is 5.21. The zero-order valence-electron chi connectivity index (χ0n) is 51.4. The van der Waals surface area contributed by atoms with Crippen molar-refractivity contribution in [3.63, 3.8) is 0 Å². The molecule has 0 aromatic heterocycles. The number of esters is 1. The highest BCUT2D eigenvalue weighted by Gasteiger charge is 2.48. The summed E-state index contributed by atoms with van der Waals surface area (Å²) in [5.74, 6) is 2.24. The first-order chi connectivity index (χ1) is 39.5. The van der Waals surface area contributed by atoms with Gasteiger partial charge in [-0.25, -0.2) is 8.42 Å². The molecule has 8 rings (SSSR count). The van der Waals surface area contributed by atoms with Crippen molar-refractivity contribution in [3.05, 3.63) is 204 Å². The largest absolute Gasteiger partial charge is 0.743 e. The van der Waals surface area contributed by atoms with E-state index >= 15 is 0 Å². The van der Waals surface area contributed by atoms with Gasteiger partial charge in [-0.1, -0.05) is 202 Å². The molecule has 0 bridgehead atoms. The molecule has 6 atom stereocenters. The predicted molar refractivity (Wildman–Crippen MR) is 341 cm³/mol. The molecule has 2 N–H and O–H groups in total.